The van der Waals surface area contributed by atoms with Crippen LogP contribution in [-0.4, -0.2) is 54.6 Å². The molecule has 2 aliphatic rings. The topological polar surface area (TPSA) is 32.5 Å². The van der Waals surface area contributed by atoms with Gasteiger partial charge in [0.2, 0.25) is 0 Å². The first-order valence-electron chi connectivity index (χ1n) is 6.27. The van der Waals surface area contributed by atoms with Gasteiger partial charge >= 0.3 is 0 Å². The van der Waals surface area contributed by atoms with Crippen LogP contribution in [0, 0.1) is 5.92 Å². The van der Waals surface area contributed by atoms with Crippen molar-refractivity contribution in [3.05, 3.63) is 0 Å². The Morgan fingerprint density at radius 2 is 1.93 bits per heavy atom. The van der Waals surface area contributed by atoms with Gasteiger partial charge in [0, 0.05) is 31.2 Å². The first kappa shape index (κ1) is 11.4. The molecule has 15 heavy (non-hydrogen) atoms. The molecule has 2 rings (SSSR count). The molecule has 2 saturated heterocycles. The van der Waals surface area contributed by atoms with E-state index in [0.717, 1.165) is 12.1 Å². The van der Waals surface area contributed by atoms with Gasteiger partial charge in [0.15, 0.2) is 0 Å². The highest BCUT2D eigenvalue weighted by atomic mass is 15.3. The lowest BCUT2D eigenvalue weighted by Gasteiger charge is -2.38. The zero-order valence-corrected chi connectivity index (χ0v) is 10.3. The molecule has 0 spiro atoms. The van der Waals surface area contributed by atoms with E-state index in [1.807, 2.05) is 0 Å². The lowest BCUT2D eigenvalue weighted by Crippen LogP contribution is -2.50. The molecule has 88 valence electrons. The molecule has 0 aliphatic carbocycles. The van der Waals surface area contributed by atoms with Gasteiger partial charge in [0.25, 0.3) is 0 Å². The van der Waals surface area contributed by atoms with Gasteiger partial charge in [0.1, 0.15) is 0 Å². The minimum absolute atomic E-state index is 0.429. The third-order valence-electron chi connectivity index (χ3n) is 4.38. The SMILES string of the molecule is CC1CN(C2CC(C)N(C)C2)CCC1N. The predicted octanol–water partition coefficient (Wildman–Crippen LogP) is 0.748. The fourth-order valence-corrected chi connectivity index (χ4v) is 2.95. The molecule has 2 heterocycles. The average molecular weight is 211 g/mol. The maximum Gasteiger partial charge on any atom is 0.0238 e. The van der Waals surface area contributed by atoms with Crippen LogP contribution in [0.1, 0.15) is 26.7 Å². The molecule has 4 atom stereocenters. The summed E-state index contributed by atoms with van der Waals surface area (Å²) in [5.41, 5.74) is 6.06. The Kier molecular flexibility index (Phi) is 3.33. The number of rotatable bonds is 1. The van der Waals surface area contributed by atoms with E-state index in [9.17, 15) is 0 Å². The standard InChI is InChI=1S/C12H25N3/c1-9-7-15(5-4-12(9)13)11-6-10(2)14(3)8-11/h9-12H,4-8,13H2,1-3H3. The van der Waals surface area contributed by atoms with Crippen LogP contribution in [0.15, 0.2) is 0 Å². The summed E-state index contributed by atoms with van der Waals surface area (Å²) in [4.78, 5) is 5.14. The lowest BCUT2D eigenvalue weighted by atomic mass is 9.93. The van der Waals surface area contributed by atoms with E-state index in [4.69, 9.17) is 5.73 Å². The molecule has 0 amide bonds. The van der Waals surface area contributed by atoms with Crippen molar-refractivity contribution in [2.24, 2.45) is 11.7 Å². The van der Waals surface area contributed by atoms with Gasteiger partial charge in [-0.1, -0.05) is 6.92 Å². The first-order chi connectivity index (χ1) is 7.08. The fourth-order valence-electron chi connectivity index (χ4n) is 2.95. The minimum atomic E-state index is 0.429. The van der Waals surface area contributed by atoms with Crippen LogP contribution in [0.5, 0.6) is 0 Å². The van der Waals surface area contributed by atoms with Crippen LogP contribution in [0.3, 0.4) is 0 Å². The Hall–Kier alpha value is -0.120. The van der Waals surface area contributed by atoms with Gasteiger partial charge in [-0.05, 0) is 39.3 Å². The van der Waals surface area contributed by atoms with Crippen molar-refractivity contribution < 1.29 is 0 Å². The molecular weight excluding hydrogens is 186 g/mol. The summed E-state index contributed by atoms with van der Waals surface area (Å²) in [7, 11) is 2.24. The first-order valence-corrected chi connectivity index (χ1v) is 6.27. The molecule has 0 aromatic heterocycles. The summed E-state index contributed by atoms with van der Waals surface area (Å²) in [6.45, 7) is 8.27. The van der Waals surface area contributed by atoms with Crippen LogP contribution in [-0.2, 0) is 0 Å². The predicted molar refractivity (Wildman–Crippen MR) is 63.8 cm³/mol. The smallest absolute Gasteiger partial charge is 0.0238 e. The van der Waals surface area contributed by atoms with Crippen LogP contribution in [0.2, 0.25) is 0 Å². The van der Waals surface area contributed by atoms with Gasteiger partial charge < -0.3 is 10.6 Å². The van der Waals surface area contributed by atoms with Crippen LogP contribution in [0.25, 0.3) is 0 Å². The van der Waals surface area contributed by atoms with Crippen molar-refractivity contribution >= 4 is 0 Å². The largest absolute Gasteiger partial charge is 0.327 e. The summed E-state index contributed by atoms with van der Waals surface area (Å²) in [6.07, 6.45) is 2.51. The number of hydrogen-bond donors (Lipinski definition) is 1. The maximum absolute atomic E-state index is 6.06. The number of nitrogens with zero attached hydrogens (tertiary/aromatic N) is 2. The molecule has 2 aliphatic heterocycles. The number of likely N-dealkylation sites (N-methyl/N-ethyl adjacent to an activating group) is 1. The summed E-state index contributed by atoms with van der Waals surface area (Å²) in [6, 6.07) is 1.96. The van der Waals surface area contributed by atoms with Crippen molar-refractivity contribution in [1.29, 1.82) is 0 Å². The molecule has 0 aromatic carbocycles. The number of hydrogen-bond acceptors (Lipinski definition) is 3. The van der Waals surface area contributed by atoms with E-state index in [1.165, 1.54) is 32.5 Å². The molecule has 0 bridgehead atoms. The minimum Gasteiger partial charge on any atom is -0.327 e. The highest BCUT2D eigenvalue weighted by Gasteiger charge is 2.34. The van der Waals surface area contributed by atoms with E-state index >= 15 is 0 Å². The summed E-state index contributed by atoms with van der Waals surface area (Å²) in [5.74, 6) is 0.667. The molecule has 2 fully saturated rings. The fraction of sp³-hybridized carbons (Fsp3) is 1.00. The van der Waals surface area contributed by atoms with Gasteiger partial charge in [-0.25, -0.2) is 0 Å². The Labute approximate surface area is 93.6 Å². The van der Waals surface area contributed by atoms with Crippen LogP contribution < -0.4 is 5.73 Å². The Morgan fingerprint density at radius 1 is 1.20 bits per heavy atom. The number of likely N-dealkylation sites (tertiary alicyclic amines) is 2. The summed E-state index contributed by atoms with van der Waals surface area (Å²) < 4.78 is 0. The molecule has 0 radical (unpaired) electrons. The third-order valence-corrected chi connectivity index (χ3v) is 4.38. The van der Waals surface area contributed by atoms with Crippen molar-refractivity contribution in [3.8, 4) is 0 Å². The zero-order valence-electron chi connectivity index (χ0n) is 10.3. The molecular formula is C12H25N3. The highest BCUT2D eigenvalue weighted by Crippen LogP contribution is 2.24. The molecule has 0 aromatic rings. The second-order valence-electron chi connectivity index (χ2n) is 5.60. The quantitative estimate of drug-likeness (QED) is 0.694. The average Bonchev–Trinajstić information content (AvgIpc) is 2.52. The highest BCUT2D eigenvalue weighted by molar-refractivity contribution is 4.91. The van der Waals surface area contributed by atoms with E-state index in [0.29, 0.717) is 12.0 Å². The number of piperidine rings is 1. The normalized spacial score (nSPS) is 44.8. The van der Waals surface area contributed by atoms with E-state index < -0.39 is 0 Å². The molecule has 3 heteroatoms. The second-order valence-corrected chi connectivity index (χ2v) is 5.60. The Bertz CT molecular complexity index is 209. The van der Waals surface area contributed by atoms with Crippen LogP contribution in [0.4, 0.5) is 0 Å². The number of nitrogens with two attached hydrogens (primary N) is 1. The monoisotopic (exact) mass is 211 g/mol. The molecule has 3 nitrogen and oxygen atoms in total. The molecule has 4 unspecified atom stereocenters. The summed E-state index contributed by atoms with van der Waals surface area (Å²) in [5, 5.41) is 0. The Morgan fingerprint density at radius 3 is 2.47 bits per heavy atom. The summed E-state index contributed by atoms with van der Waals surface area (Å²) >= 11 is 0. The van der Waals surface area contributed by atoms with E-state index in [-0.39, 0.29) is 0 Å². The lowest BCUT2D eigenvalue weighted by molar-refractivity contribution is 0.119. The van der Waals surface area contributed by atoms with E-state index in [1.54, 1.807) is 0 Å². The third kappa shape index (κ3) is 2.35. The maximum atomic E-state index is 6.06. The van der Waals surface area contributed by atoms with Gasteiger partial charge in [0.05, 0.1) is 0 Å². The molecule has 0 saturated carbocycles. The van der Waals surface area contributed by atoms with Crippen molar-refractivity contribution in [2.75, 3.05) is 26.7 Å². The van der Waals surface area contributed by atoms with Crippen LogP contribution >= 0.6 is 0 Å². The van der Waals surface area contributed by atoms with Crippen molar-refractivity contribution in [1.82, 2.24) is 9.80 Å². The van der Waals surface area contributed by atoms with Gasteiger partial charge in [-0.3, -0.25) is 4.90 Å². The van der Waals surface area contributed by atoms with Gasteiger partial charge in [-0.2, -0.15) is 0 Å². The van der Waals surface area contributed by atoms with Gasteiger partial charge in [-0.15, -0.1) is 0 Å². The zero-order chi connectivity index (χ0) is 11.0. The van der Waals surface area contributed by atoms with Crippen molar-refractivity contribution in [3.63, 3.8) is 0 Å². The molecule has 2 N–H and O–H groups in total. The van der Waals surface area contributed by atoms with E-state index in [2.05, 4.69) is 30.7 Å². The second kappa shape index (κ2) is 4.40. The Balaban J connectivity index is 1.90. The van der Waals surface area contributed by atoms with Crippen molar-refractivity contribution in [2.45, 2.75) is 44.8 Å².